The number of hydrogen-bond donors (Lipinski definition) is 2. The van der Waals surface area contributed by atoms with E-state index in [1.54, 1.807) is 11.3 Å². The monoisotopic (exact) mass is 276 g/mol. The van der Waals surface area contributed by atoms with Crippen LogP contribution in [-0.4, -0.2) is 18.0 Å². The third-order valence-corrected chi connectivity index (χ3v) is 3.91. The van der Waals surface area contributed by atoms with Crippen LogP contribution >= 0.6 is 23.7 Å². The van der Waals surface area contributed by atoms with Crippen LogP contribution in [0.15, 0.2) is 6.07 Å². The lowest BCUT2D eigenvalue weighted by atomic mass is 10.1. The molecule has 0 saturated heterocycles. The Kier molecular flexibility index (Phi) is 6.16. The Bertz CT molecular complexity index is 388. The Hall–Kier alpha value is -0.580. The smallest absolute Gasteiger partial charge is 0.261 e. The number of thiophene rings is 1. The molecular weight excluding hydrogens is 256 g/mol. The molecule has 1 rings (SSSR count). The van der Waals surface area contributed by atoms with Crippen molar-refractivity contribution >= 4 is 29.7 Å². The first kappa shape index (κ1) is 16.4. The van der Waals surface area contributed by atoms with Gasteiger partial charge < -0.3 is 11.1 Å². The summed E-state index contributed by atoms with van der Waals surface area (Å²) >= 11 is 1.57. The topological polar surface area (TPSA) is 55.1 Å². The van der Waals surface area contributed by atoms with Crippen LogP contribution in [0.4, 0.5) is 0 Å². The average Bonchev–Trinajstić information content (AvgIpc) is 2.59. The maximum absolute atomic E-state index is 11.9. The van der Waals surface area contributed by atoms with E-state index in [4.69, 9.17) is 5.73 Å². The molecule has 3 N–H and O–H groups in total. The van der Waals surface area contributed by atoms with Gasteiger partial charge in [-0.15, -0.1) is 23.7 Å². The predicted molar refractivity (Wildman–Crippen MR) is 76.3 cm³/mol. The van der Waals surface area contributed by atoms with E-state index in [0.29, 0.717) is 6.54 Å². The Labute approximate surface area is 113 Å². The minimum absolute atomic E-state index is 0. The van der Waals surface area contributed by atoms with Crippen molar-refractivity contribution in [3.05, 3.63) is 21.4 Å². The number of nitrogens with two attached hydrogens (primary N) is 1. The van der Waals surface area contributed by atoms with Crippen molar-refractivity contribution in [3.8, 4) is 0 Å². The molecule has 3 nitrogen and oxygen atoms in total. The molecule has 17 heavy (non-hydrogen) atoms. The SMILES string of the molecule is CCc1sc(C(=O)NC(C)(C)CN)cc1C.Cl. The minimum atomic E-state index is -0.346. The summed E-state index contributed by atoms with van der Waals surface area (Å²) in [6.07, 6.45) is 0.976. The highest BCUT2D eigenvalue weighted by Crippen LogP contribution is 2.22. The lowest BCUT2D eigenvalue weighted by molar-refractivity contribution is 0.0920. The molecule has 0 bridgehead atoms. The van der Waals surface area contributed by atoms with Crippen molar-refractivity contribution in [1.82, 2.24) is 5.32 Å². The number of halogens is 1. The van der Waals surface area contributed by atoms with E-state index in [2.05, 4.69) is 12.2 Å². The van der Waals surface area contributed by atoms with Gasteiger partial charge in [0, 0.05) is 17.0 Å². The van der Waals surface area contributed by atoms with Crippen molar-refractivity contribution < 1.29 is 4.79 Å². The molecule has 1 aromatic rings. The number of amides is 1. The number of aryl methyl sites for hydroxylation is 2. The van der Waals surface area contributed by atoms with Gasteiger partial charge >= 0.3 is 0 Å². The fraction of sp³-hybridized carbons (Fsp3) is 0.583. The van der Waals surface area contributed by atoms with Gasteiger partial charge in [0.15, 0.2) is 0 Å². The van der Waals surface area contributed by atoms with E-state index in [1.165, 1.54) is 10.4 Å². The first-order chi connectivity index (χ1) is 7.39. The third kappa shape index (κ3) is 4.30. The highest BCUT2D eigenvalue weighted by atomic mass is 35.5. The molecule has 0 aliphatic heterocycles. The van der Waals surface area contributed by atoms with Crippen molar-refractivity contribution in [2.45, 2.75) is 39.7 Å². The summed E-state index contributed by atoms with van der Waals surface area (Å²) in [7, 11) is 0. The van der Waals surface area contributed by atoms with Crippen LogP contribution < -0.4 is 11.1 Å². The third-order valence-electron chi connectivity index (χ3n) is 2.53. The van der Waals surface area contributed by atoms with Crippen LogP contribution in [0.2, 0.25) is 0 Å². The number of hydrogen-bond acceptors (Lipinski definition) is 3. The normalized spacial score (nSPS) is 10.9. The van der Waals surface area contributed by atoms with Crippen LogP contribution in [0.25, 0.3) is 0 Å². The molecule has 1 amide bonds. The second-order valence-corrected chi connectivity index (χ2v) is 5.75. The summed E-state index contributed by atoms with van der Waals surface area (Å²) in [6, 6.07) is 1.95. The highest BCUT2D eigenvalue weighted by molar-refractivity contribution is 7.14. The van der Waals surface area contributed by atoms with Gasteiger partial charge in [-0.05, 0) is 38.8 Å². The van der Waals surface area contributed by atoms with E-state index in [0.717, 1.165) is 11.3 Å². The zero-order valence-corrected chi connectivity index (χ0v) is 12.4. The molecule has 5 heteroatoms. The molecule has 0 unspecified atom stereocenters. The van der Waals surface area contributed by atoms with Crippen molar-refractivity contribution in [2.24, 2.45) is 5.73 Å². The van der Waals surface area contributed by atoms with Gasteiger partial charge in [-0.25, -0.2) is 0 Å². The predicted octanol–water partition coefficient (Wildman–Crippen LogP) is 2.51. The van der Waals surface area contributed by atoms with Crippen LogP contribution in [0.3, 0.4) is 0 Å². The number of rotatable bonds is 4. The fourth-order valence-corrected chi connectivity index (χ4v) is 2.41. The van der Waals surface area contributed by atoms with Gasteiger partial charge in [-0.1, -0.05) is 6.92 Å². The lowest BCUT2D eigenvalue weighted by Gasteiger charge is -2.23. The first-order valence-corrected chi connectivity index (χ1v) is 6.33. The van der Waals surface area contributed by atoms with Gasteiger partial charge in [0.1, 0.15) is 0 Å². The van der Waals surface area contributed by atoms with Crippen molar-refractivity contribution in [2.75, 3.05) is 6.54 Å². The summed E-state index contributed by atoms with van der Waals surface area (Å²) in [5.74, 6) is -0.0248. The number of carbonyl (C=O) groups excluding carboxylic acids is 1. The molecule has 1 aromatic heterocycles. The summed E-state index contributed by atoms with van der Waals surface area (Å²) < 4.78 is 0. The van der Waals surface area contributed by atoms with Crippen molar-refractivity contribution in [1.29, 1.82) is 0 Å². The van der Waals surface area contributed by atoms with Crippen LogP contribution in [-0.2, 0) is 6.42 Å². The van der Waals surface area contributed by atoms with Crippen LogP contribution in [0, 0.1) is 6.92 Å². The number of carbonyl (C=O) groups is 1. The Balaban J connectivity index is 0.00000256. The molecule has 0 aliphatic rings. The van der Waals surface area contributed by atoms with Crippen LogP contribution in [0.1, 0.15) is 40.9 Å². The Morgan fingerprint density at radius 3 is 2.53 bits per heavy atom. The standard InChI is InChI=1S/C12H20N2OS.ClH/c1-5-9-8(2)6-10(16-9)11(15)14-12(3,4)7-13;/h6H,5,7,13H2,1-4H3,(H,14,15);1H. The second kappa shape index (κ2) is 6.38. The van der Waals surface area contributed by atoms with Gasteiger partial charge in [-0.2, -0.15) is 0 Å². The molecule has 0 spiro atoms. The summed E-state index contributed by atoms with van der Waals surface area (Å²) in [5, 5.41) is 2.93. The lowest BCUT2D eigenvalue weighted by Crippen LogP contribution is -2.48. The zero-order valence-electron chi connectivity index (χ0n) is 10.8. The number of nitrogens with one attached hydrogen (secondary N) is 1. The van der Waals surface area contributed by atoms with E-state index in [1.807, 2.05) is 26.8 Å². The van der Waals surface area contributed by atoms with Gasteiger partial charge in [0.05, 0.1) is 4.88 Å². The molecule has 98 valence electrons. The molecule has 0 radical (unpaired) electrons. The van der Waals surface area contributed by atoms with E-state index in [9.17, 15) is 4.79 Å². The molecule has 1 heterocycles. The first-order valence-electron chi connectivity index (χ1n) is 5.51. The Morgan fingerprint density at radius 2 is 2.12 bits per heavy atom. The van der Waals surface area contributed by atoms with Gasteiger partial charge in [-0.3, -0.25) is 4.79 Å². The fourth-order valence-electron chi connectivity index (χ4n) is 1.40. The van der Waals surface area contributed by atoms with E-state index >= 15 is 0 Å². The maximum Gasteiger partial charge on any atom is 0.261 e. The maximum atomic E-state index is 11.9. The Morgan fingerprint density at radius 1 is 1.53 bits per heavy atom. The molecule has 0 saturated carbocycles. The summed E-state index contributed by atoms with van der Waals surface area (Å²) in [4.78, 5) is 14.0. The second-order valence-electron chi connectivity index (χ2n) is 4.61. The molecule has 0 aliphatic carbocycles. The minimum Gasteiger partial charge on any atom is -0.345 e. The quantitative estimate of drug-likeness (QED) is 0.888. The van der Waals surface area contributed by atoms with E-state index < -0.39 is 0 Å². The summed E-state index contributed by atoms with van der Waals surface area (Å²) in [6.45, 7) is 8.42. The largest absolute Gasteiger partial charge is 0.345 e. The molecular formula is C12H21ClN2OS. The van der Waals surface area contributed by atoms with Gasteiger partial charge in [0.25, 0.3) is 5.91 Å². The average molecular weight is 277 g/mol. The van der Waals surface area contributed by atoms with Crippen molar-refractivity contribution in [3.63, 3.8) is 0 Å². The van der Waals surface area contributed by atoms with Gasteiger partial charge in [0.2, 0.25) is 0 Å². The van der Waals surface area contributed by atoms with E-state index in [-0.39, 0.29) is 23.9 Å². The molecule has 0 atom stereocenters. The molecule has 0 fully saturated rings. The highest BCUT2D eigenvalue weighted by Gasteiger charge is 2.20. The summed E-state index contributed by atoms with van der Waals surface area (Å²) in [5.41, 5.74) is 6.43. The van der Waals surface area contributed by atoms with Crippen LogP contribution in [0.5, 0.6) is 0 Å². The zero-order chi connectivity index (χ0) is 12.3. The molecule has 0 aromatic carbocycles.